The van der Waals surface area contributed by atoms with E-state index >= 15 is 0 Å². The van der Waals surface area contributed by atoms with E-state index in [-0.39, 0.29) is 0 Å². The number of nitriles is 1. The lowest BCUT2D eigenvalue weighted by atomic mass is 10.1. The summed E-state index contributed by atoms with van der Waals surface area (Å²) in [6.45, 7) is 6.36. The van der Waals surface area contributed by atoms with Crippen molar-refractivity contribution >= 4 is 11.8 Å². The van der Waals surface area contributed by atoms with Crippen LogP contribution in [0.2, 0.25) is 0 Å². The summed E-state index contributed by atoms with van der Waals surface area (Å²) in [5.74, 6) is 1.01. The van der Waals surface area contributed by atoms with Gasteiger partial charge in [-0.1, -0.05) is 36.2 Å². The van der Waals surface area contributed by atoms with Crippen molar-refractivity contribution in [2.45, 2.75) is 38.2 Å². The normalized spacial score (nSPS) is 12.1. The fourth-order valence-corrected chi connectivity index (χ4v) is 2.41. The van der Waals surface area contributed by atoms with Gasteiger partial charge in [0, 0.05) is 17.4 Å². The van der Waals surface area contributed by atoms with Crippen LogP contribution in [0.15, 0.2) is 18.2 Å². The van der Waals surface area contributed by atoms with E-state index in [1.165, 1.54) is 16.7 Å². The monoisotopic (exact) mass is 219 g/mol. The average Bonchev–Trinajstić information content (AvgIpc) is 2.14. The van der Waals surface area contributed by atoms with Gasteiger partial charge in [-0.05, 0) is 19.4 Å². The van der Waals surface area contributed by atoms with Gasteiger partial charge in [0.15, 0.2) is 0 Å². The lowest BCUT2D eigenvalue weighted by molar-refractivity contribution is 0.988. The van der Waals surface area contributed by atoms with Crippen LogP contribution in [0.3, 0.4) is 0 Å². The Morgan fingerprint density at radius 3 is 2.40 bits per heavy atom. The zero-order valence-electron chi connectivity index (χ0n) is 9.58. The van der Waals surface area contributed by atoms with Crippen LogP contribution in [0, 0.1) is 25.2 Å². The maximum Gasteiger partial charge on any atom is 0.0633 e. The van der Waals surface area contributed by atoms with Gasteiger partial charge in [0.1, 0.15) is 0 Å². The molecule has 1 unspecified atom stereocenters. The summed E-state index contributed by atoms with van der Waals surface area (Å²) in [7, 11) is 0. The van der Waals surface area contributed by atoms with Crippen LogP contribution in [0.25, 0.3) is 0 Å². The number of thioether (sulfide) groups is 1. The van der Waals surface area contributed by atoms with Gasteiger partial charge < -0.3 is 0 Å². The highest BCUT2D eigenvalue weighted by Crippen LogP contribution is 2.21. The third-order valence-electron chi connectivity index (χ3n) is 2.19. The number of nitrogens with zero attached hydrogens (tertiary/aromatic N) is 1. The summed E-state index contributed by atoms with van der Waals surface area (Å²) in [4.78, 5) is 0. The van der Waals surface area contributed by atoms with Gasteiger partial charge in [-0.3, -0.25) is 0 Å². The van der Waals surface area contributed by atoms with Crippen LogP contribution in [-0.2, 0) is 5.75 Å². The van der Waals surface area contributed by atoms with E-state index in [1.54, 1.807) is 0 Å². The van der Waals surface area contributed by atoms with E-state index < -0.39 is 0 Å². The summed E-state index contributed by atoms with van der Waals surface area (Å²) in [5, 5.41) is 8.99. The molecule has 80 valence electrons. The Bertz CT molecular complexity index is 345. The first-order valence-electron chi connectivity index (χ1n) is 5.17. The van der Waals surface area contributed by atoms with Crippen LogP contribution >= 0.6 is 11.8 Å². The maximum atomic E-state index is 8.56. The lowest BCUT2D eigenvalue weighted by Crippen LogP contribution is -1.95. The molecule has 0 spiro atoms. The maximum absolute atomic E-state index is 8.56. The molecule has 0 saturated carbocycles. The van der Waals surface area contributed by atoms with Gasteiger partial charge in [0.05, 0.1) is 6.07 Å². The van der Waals surface area contributed by atoms with Crippen LogP contribution < -0.4 is 0 Å². The number of aryl methyl sites for hydroxylation is 2. The Labute approximate surface area is 96.5 Å². The van der Waals surface area contributed by atoms with Crippen molar-refractivity contribution in [1.82, 2.24) is 0 Å². The average molecular weight is 219 g/mol. The Balaban J connectivity index is 2.54. The molecule has 1 nitrogen and oxygen atoms in total. The molecule has 0 N–H and O–H groups in total. The lowest BCUT2D eigenvalue weighted by Gasteiger charge is -2.08. The first-order chi connectivity index (χ1) is 7.11. The first kappa shape index (κ1) is 12.1. The molecule has 0 heterocycles. The quantitative estimate of drug-likeness (QED) is 0.768. The molecule has 0 aliphatic rings. The van der Waals surface area contributed by atoms with E-state index in [0.29, 0.717) is 11.7 Å². The molecule has 0 amide bonds. The van der Waals surface area contributed by atoms with Crippen LogP contribution in [-0.4, -0.2) is 5.25 Å². The Kier molecular flexibility index (Phi) is 4.71. The van der Waals surface area contributed by atoms with E-state index in [1.807, 2.05) is 11.8 Å². The predicted octanol–water partition coefficient (Wildman–Crippen LogP) is 3.84. The van der Waals surface area contributed by atoms with Crippen molar-refractivity contribution < 1.29 is 0 Å². The smallest absolute Gasteiger partial charge is 0.0633 e. The van der Waals surface area contributed by atoms with Gasteiger partial charge in [0.2, 0.25) is 0 Å². The highest BCUT2D eigenvalue weighted by Gasteiger charge is 2.03. The molecule has 2 heteroatoms. The van der Waals surface area contributed by atoms with Gasteiger partial charge in [-0.2, -0.15) is 17.0 Å². The second-order valence-corrected chi connectivity index (χ2v) is 5.41. The summed E-state index contributed by atoms with van der Waals surface area (Å²) in [6.07, 6.45) is 0.634. The topological polar surface area (TPSA) is 23.8 Å². The van der Waals surface area contributed by atoms with Crippen LogP contribution in [0.1, 0.15) is 30.0 Å². The van der Waals surface area contributed by atoms with Gasteiger partial charge in [-0.25, -0.2) is 0 Å². The predicted molar refractivity (Wildman–Crippen MR) is 66.9 cm³/mol. The third-order valence-corrected chi connectivity index (χ3v) is 3.43. The largest absolute Gasteiger partial charge is 0.198 e. The third kappa shape index (κ3) is 4.40. The van der Waals surface area contributed by atoms with Gasteiger partial charge in [-0.15, -0.1) is 0 Å². The molecule has 15 heavy (non-hydrogen) atoms. The van der Waals surface area contributed by atoms with E-state index in [4.69, 9.17) is 5.26 Å². The van der Waals surface area contributed by atoms with E-state index in [2.05, 4.69) is 45.0 Å². The van der Waals surface area contributed by atoms with Crippen molar-refractivity contribution in [3.63, 3.8) is 0 Å². The SMILES string of the molecule is Cc1cc(C)cc(CSC(C)CC#N)c1. The summed E-state index contributed by atoms with van der Waals surface area (Å²) in [5.41, 5.74) is 4.00. The Hall–Kier alpha value is -0.940. The molecule has 0 bridgehead atoms. The molecule has 0 aromatic heterocycles. The summed E-state index contributed by atoms with van der Waals surface area (Å²) in [6, 6.07) is 8.84. The molecular weight excluding hydrogens is 202 g/mol. The minimum Gasteiger partial charge on any atom is -0.198 e. The molecule has 1 atom stereocenters. The Morgan fingerprint density at radius 1 is 1.27 bits per heavy atom. The summed E-state index contributed by atoms with van der Waals surface area (Å²) < 4.78 is 0. The molecule has 1 aromatic rings. The molecule has 0 aliphatic heterocycles. The van der Waals surface area contributed by atoms with Crippen molar-refractivity contribution in [2.75, 3.05) is 0 Å². The minimum absolute atomic E-state index is 0.427. The van der Waals surface area contributed by atoms with E-state index in [9.17, 15) is 0 Å². The molecule has 0 radical (unpaired) electrons. The fraction of sp³-hybridized carbons (Fsp3) is 0.462. The van der Waals surface area contributed by atoms with Crippen LogP contribution in [0.4, 0.5) is 0 Å². The van der Waals surface area contributed by atoms with Gasteiger partial charge >= 0.3 is 0 Å². The minimum atomic E-state index is 0.427. The molecule has 1 rings (SSSR count). The number of benzene rings is 1. The Morgan fingerprint density at radius 2 is 1.87 bits per heavy atom. The standard InChI is InChI=1S/C13H17NS/c1-10-6-11(2)8-13(7-10)9-15-12(3)4-5-14/h6-8,12H,4,9H2,1-3H3. The number of rotatable bonds is 4. The number of hydrogen-bond acceptors (Lipinski definition) is 2. The molecule has 0 saturated heterocycles. The van der Waals surface area contributed by atoms with Crippen molar-refractivity contribution in [3.8, 4) is 6.07 Å². The second-order valence-electron chi connectivity index (χ2n) is 3.98. The molecule has 0 fully saturated rings. The zero-order chi connectivity index (χ0) is 11.3. The second kappa shape index (κ2) is 5.82. The van der Waals surface area contributed by atoms with Crippen molar-refractivity contribution in [2.24, 2.45) is 0 Å². The zero-order valence-corrected chi connectivity index (χ0v) is 10.4. The van der Waals surface area contributed by atoms with E-state index in [0.717, 1.165) is 5.75 Å². The highest BCUT2D eigenvalue weighted by atomic mass is 32.2. The summed E-state index contributed by atoms with van der Waals surface area (Å²) >= 11 is 1.85. The highest BCUT2D eigenvalue weighted by molar-refractivity contribution is 7.99. The van der Waals surface area contributed by atoms with Gasteiger partial charge in [0.25, 0.3) is 0 Å². The first-order valence-corrected chi connectivity index (χ1v) is 6.22. The molecule has 0 aliphatic carbocycles. The van der Waals surface area contributed by atoms with Crippen molar-refractivity contribution in [1.29, 1.82) is 5.26 Å². The fourth-order valence-electron chi connectivity index (χ4n) is 1.58. The van der Waals surface area contributed by atoms with Crippen LogP contribution in [0.5, 0.6) is 0 Å². The number of hydrogen-bond donors (Lipinski definition) is 0. The molecule has 1 aromatic carbocycles. The van der Waals surface area contributed by atoms with Crippen molar-refractivity contribution in [3.05, 3.63) is 34.9 Å². The molecular formula is C13H17NS.